The van der Waals surface area contributed by atoms with Crippen LogP contribution >= 0.6 is 0 Å². The molecule has 6 heteroatoms. The lowest BCUT2D eigenvalue weighted by Crippen LogP contribution is -2.33. The van der Waals surface area contributed by atoms with Gasteiger partial charge in [0, 0.05) is 25.4 Å². The molecule has 0 spiro atoms. The number of nitrogens with one attached hydrogen (secondary N) is 1. The number of hydrogen-bond acceptors (Lipinski definition) is 6. The minimum Gasteiger partial charge on any atom is -0.486 e. The fourth-order valence-corrected chi connectivity index (χ4v) is 1.79. The van der Waals surface area contributed by atoms with Gasteiger partial charge in [-0.1, -0.05) is 0 Å². The van der Waals surface area contributed by atoms with Crippen LogP contribution in [0.2, 0.25) is 0 Å². The fourth-order valence-electron chi connectivity index (χ4n) is 1.79. The predicted molar refractivity (Wildman–Crippen MR) is 69.8 cm³/mol. The van der Waals surface area contributed by atoms with Crippen molar-refractivity contribution in [3.8, 4) is 11.5 Å². The molecule has 0 fully saturated rings. The van der Waals surface area contributed by atoms with E-state index in [4.69, 9.17) is 19.3 Å². The quantitative estimate of drug-likeness (QED) is 0.686. The Balaban J connectivity index is 1.99. The molecule has 1 aliphatic rings. The van der Waals surface area contributed by atoms with Gasteiger partial charge in [-0.25, -0.2) is 0 Å². The standard InChI is InChI=1S/C13H19NO5/c1-17-7-11-8-18-12-3-2-9(4-13(12)19-11)14-5-10(16)6-15/h2-4,10-11,14-16H,5-8H2,1H3. The van der Waals surface area contributed by atoms with Gasteiger partial charge in [0.05, 0.1) is 19.3 Å². The number of anilines is 1. The Morgan fingerprint density at radius 2 is 2.32 bits per heavy atom. The maximum absolute atomic E-state index is 9.28. The van der Waals surface area contributed by atoms with Gasteiger partial charge in [-0.2, -0.15) is 0 Å². The highest BCUT2D eigenvalue weighted by Gasteiger charge is 2.21. The van der Waals surface area contributed by atoms with Crippen molar-refractivity contribution in [2.24, 2.45) is 0 Å². The van der Waals surface area contributed by atoms with E-state index in [1.807, 2.05) is 12.1 Å². The normalized spacial score (nSPS) is 19.0. The molecule has 6 nitrogen and oxygen atoms in total. The van der Waals surface area contributed by atoms with E-state index in [2.05, 4.69) is 5.32 Å². The van der Waals surface area contributed by atoms with Crippen LogP contribution in [0.5, 0.6) is 11.5 Å². The molecule has 0 radical (unpaired) electrons. The van der Waals surface area contributed by atoms with Gasteiger partial charge in [0.25, 0.3) is 0 Å². The van der Waals surface area contributed by atoms with Crippen LogP contribution < -0.4 is 14.8 Å². The zero-order valence-corrected chi connectivity index (χ0v) is 10.8. The van der Waals surface area contributed by atoms with Gasteiger partial charge in [-0.3, -0.25) is 0 Å². The van der Waals surface area contributed by atoms with Gasteiger partial charge < -0.3 is 29.7 Å². The number of rotatable bonds is 6. The molecule has 19 heavy (non-hydrogen) atoms. The first kappa shape index (κ1) is 13.9. The molecule has 2 unspecified atom stereocenters. The van der Waals surface area contributed by atoms with Gasteiger partial charge in [-0.05, 0) is 12.1 Å². The van der Waals surface area contributed by atoms with Crippen LogP contribution in [0.25, 0.3) is 0 Å². The van der Waals surface area contributed by atoms with E-state index in [-0.39, 0.29) is 19.3 Å². The molecule has 0 aromatic heterocycles. The van der Waals surface area contributed by atoms with Crippen molar-refractivity contribution in [2.45, 2.75) is 12.2 Å². The third-order valence-electron chi connectivity index (χ3n) is 2.77. The van der Waals surface area contributed by atoms with E-state index in [0.29, 0.717) is 24.7 Å². The van der Waals surface area contributed by atoms with Crippen molar-refractivity contribution in [1.82, 2.24) is 0 Å². The lowest BCUT2D eigenvalue weighted by Gasteiger charge is -2.26. The summed E-state index contributed by atoms with van der Waals surface area (Å²) < 4.78 is 16.4. The minimum atomic E-state index is -0.783. The summed E-state index contributed by atoms with van der Waals surface area (Å²) in [5.41, 5.74) is 0.799. The minimum absolute atomic E-state index is 0.115. The van der Waals surface area contributed by atoms with Crippen LogP contribution in [-0.2, 0) is 4.74 Å². The SMILES string of the molecule is COCC1COc2ccc(NCC(O)CO)cc2O1. The molecule has 2 rings (SSSR count). The number of ether oxygens (including phenoxy) is 3. The van der Waals surface area contributed by atoms with E-state index >= 15 is 0 Å². The summed E-state index contributed by atoms with van der Waals surface area (Å²) in [7, 11) is 1.62. The van der Waals surface area contributed by atoms with Crippen molar-refractivity contribution in [2.75, 3.05) is 38.8 Å². The first-order valence-corrected chi connectivity index (χ1v) is 6.18. The Kier molecular flexibility index (Phi) is 4.84. The van der Waals surface area contributed by atoms with Crippen molar-refractivity contribution in [1.29, 1.82) is 0 Å². The highest BCUT2D eigenvalue weighted by atomic mass is 16.6. The third kappa shape index (κ3) is 3.73. The molecular formula is C13H19NO5. The molecule has 1 aromatic carbocycles. The summed E-state index contributed by atoms with van der Waals surface area (Å²) in [6.07, 6.45) is -0.898. The van der Waals surface area contributed by atoms with Crippen LogP contribution in [0.15, 0.2) is 18.2 Å². The Hall–Kier alpha value is -1.50. The monoisotopic (exact) mass is 269 g/mol. The Labute approximate surface area is 111 Å². The van der Waals surface area contributed by atoms with Gasteiger partial charge >= 0.3 is 0 Å². The van der Waals surface area contributed by atoms with Gasteiger partial charge in [0.1, 0.15) is 6.61 Å². The highest BCUT2D eigenvalue weighted by Crippen LogP contribution is 2.34. The molecule has 1 heterocycles. The fraction of sp³-hybridized carbons (Fsp3) is 0.538. The largest absolute Gasteiger partial charge is 0.486 e. The van der Waals surface area contributed by atoms with E-state index in [1.165, 1.54) is 0 Å². The zero-order valence-electron chi connectivity index (χ0n) is 10.8. The van der Waals surface area contributed by atoms with Crippen molar-refractivity contribution in [3.05, 3.63) is 18.2 Å². The number of methoxy groups -OCH3 is 1. The van der Waals surface area contributed by atoms with E-state index in [0.717, 1.165) is 5.69 Å². The number of fused-ring (bicyclic) bond motifs is 1. The van der Waals surface area contributed by atoms with Crippen LogP contribution in [0, 0.1) is 0 Å². The second kappa shape index (κ2) is 6.60. The topological polar surface area (TPSA) is 80.2 Å². The lowest BCUT2D eigenvalue weighted by molar-refractivity contribution is 0.0273. The van der Waals surface area contributed by atoms with E-state index < -0.39 is 6.10 Å². The molecule has 2 atom stereocenters. The summed E-state index contributed by atoms with van der Waals surface area (Å²) in [4.78, 5) is 0. The summed E-state index contributed by atoms with van der Waals surface area (Å²) in [6.45, 7) is 0.947. The number of aliphatic hydroxyl groups is 2. The third-order valence-corrected chi connectivity index (χ3v) is 2.77. The Morgan fingerprint density at radius 3 is 3.05 bits per heavy atom. The number of hydrogen-bond donors (Lipinski definition) is 3. The number of aliphatic hydroxyl groups excluding tert-OH is 2. The molecule has 0 amide bonds. The Morgan fingerprint density at radius 1 is 1.47 bits per heavy atom. The molecular weight excluding hydrogens is 250 g/mol. The second-order valence-corrected chi connectivity index (χ2v) is 4.39. The average Bonchev–Trinajstić information content (AvgIpc) is 2.44. The zero-order chi connectivity index (χ0) is 13.7. The van der Waals surface area contributed by atoms with Gasteiger partial charge in [-0.15, -0.1) is 0 Å². The number of benzene rings is 1. The highest BCUT2D eigenvalue weighted by molar-refractivity contribution is 5.55. The van der Waals surface area contributed by atoms with Crippen LogP contribution in [0.1, 0.15) is 0 Å². The smallest absolute Gasteiger partial charge is 0.163 e. The molecule has 1 aliphatic heterocycles. The van der Waals surface area contributed by atoms with Crippen molar-refractivity contribution >= 4 is 5.69 Å². The summed E-state index contributed by atoms with van der Waals surface area (Å²) in [6, 6.07) is 5.45. The summed E-state index contributed by atoms with van der Waals surface area (Å²) >= 11 is 0. The van der Waals surface area contributed by atoms with Crippen LogP contribution in [0.4, 0.5) is 5.69 Å². The molecule has 0 bridgehead atoms. The predicted octanol–water partition coefficient (Wildman–Crippen LogP) is 0.238. The molecule has 106 valence electrons. The van der Waals surface area contributed by atoms with Gasteiger partial charge in [0.2, 0.25) is 0 Å². The lowest BCUT2D eigenvalue weighted by atomic mass is 10.2. The summed E-state index contributed by atoms with van der Waals surface area (Å²) in [5, 5.41) is 21.1. The van der Waals surface area contributed by atoms with E-state index in [1.54, 1.807) is 13.2 Å². The maximum atomic E-state index is 9.28. The molecule has 3 N–H and O–H groups in total. The molecule has 0 saturated heterocycles. The summed E-state index contributed by atoms with van der Waals surface area (Å²) in [5.74, 6) is 1.34. The second-order valence-electron chi connectivity index (χ2n) is 4.39. The first-order valence-electron chi connectivity index (χ1n) is 6.18. The van der Waals surface area contributed by atoms with Crippen molar-refractivity contribution in [3.63, 3.8) is 0 Å². The molecule has 0 saturated carbocycles. The average molecular weight is 269 g/mol. The Bertz CT molecular complexity index is 412. The maximum Gasteiger partial charge on any atom is 0.163 e. The van der Waals surface area contributed by atoms with Crippen molar-refractivity contribution < 1.29 is 24.4 Å². The molecule has 0 aliphatic carbocycles. The van der Waals surface area contributed by atoms with Crippen LogP contribution in [0.3, 0.4) is 0 Å². The molecule has 1 aromatic rings. The first-order chi connectivity index (χ1) is 9.22. The van der Waals surface area contributed by atoms with E-state index in [9.17, 15) is 5.11 Å². The van der Waals surface area contributed by atoms with Crippen LogP contribution in [-0.4, -0.2) is 55.9 Å². The van der Waals surface area contributed by atoms with Gasteiger partial charge in [0.15, 0.2) is 17.6 Å².